The van der Waals surface area contributed by atoms with Crippen molar-refractivity contribution in [2.45, 2.75) is 0 Å². The van der Waals surface area contributed by atoms with Gasteiger partial charge in [0.05, 0.1) is 15.1 Å². The van der Waals surface area contributed by atoms with Crippen molar-refractivity contribution < 1.29 is 4.92 Å². The van der Waals surface area contributed by atoms with Gasteiger partial charge in [-0.3, -0.25) is 10.1 Å². The zero-order chi connectivity index (χ0) is 12.5. The van der Waals surface area contributed by atoms with Crippen molar-refractivity contribution in [3.8, 4) is 10.8 Å². The van der Waals surface area contributed by atoms with E-state index in [2.05, 4.69) is 15.0 Å². The summed E-state index contributed by atoms with van der Waals surface area (Å²) in [6.45, 7) is 0. The third-order valence-corrected chi connectivity index (χ3v) is 3.35. The first-order chi connectivity index (χ1) is 8.74. The molecule has 0 spiro atoms. The zero-order valence-corrected chi connectivity index (χ0v) is 9.79. The second-order valence-electron chi connectivity index (χ2n) is 3.50. The van der Waals surface area contributed by atoms with E-state index >= 15 is 0 Å². The highest BCUT2D eigenvalue weighted by Crippen LogP contribution is 2.30. The molecule has 3 aromatic rings. The molecule has 7 heteroatoms. The third-order valence-electron chi connectivity index (χ3n) is 2.34. The highest BCUT2D eigenvalue weighted by Gasteiger charge is 2.12. The first kappa shape index (κ1) is 10.7. The monoisotopic (exact) mass is 258 g/mol. The fourth-order valence-corrected chi connectivity index (χ4v) is 2.48. The summed E-state index contributed by atoms with van der Waals surface area (Å²) in [5, 5.41) is 11.3. The predicted octanol–water partition coefficient (Wildman–Crippen LogP) is 2.66. The Hall–Kier alpha value is -2.41. The maximum absolute atomic E-state index is 10.7. The second-order valence-corrected chi connectivity index (χ2v) is 4.53. The van der Waals surface area contributed by atoms with Crippen LogP contribution in [-0.2, 0) is 0 Å². The van der Waals surface area contributed by atoms with Crippen molar-refractivity contribution in [3.05, 3.63) is 46.8 Å². The summed E-state index contributed by atoms with van der Waals surface area (Å²) in [6, 6.07) is 6.31. The number of benzene rings is 1. The number of nitro benzene ring substituents is 1. The quantitative estimate of drug-likeness (QED) is 0.521. The minimum absolute atomic E-state index is 0.0617. The molecule has 2 aromatic heterocycles. The maximum atomic E-state index is 10.7. The molecule has 1 aromatic carbocycles. The lowest BCUT2D eigenvalue weighted by molar-refractivity contribution is -0.384. The number of aromatic nitrogens is 3. The Morgan fingerprint density at radius 3 is 2.72 bits per heavy atom. The van der Waals surface area contributed by atoms with Gasteiger partial charge in [-0.25, -0.2) is 15.0 Å². The first-order valence-electron chi connectivity index (χ1n) is 5.06. The largest absolute Gasteiger partial charge is 0.270 e. The molecule has 0 aliphatic rings. The van der Waals surface area contributed by atoms with Gasteiger partial charge in [0, 0.05) is 24.5 Å². The molecular formula is C11H6N4O2S. The Balaban J connectivity index is 2.14. The van der Waals surface area contributed by atoms with Gasteiger partial charge in [0.15, 0.2) is 10.8 Å². The van der Waals surface area contributed by atoms with Crippen LogP contribution in [0.3, 0.4) is 0 Å². The van der Waals surface area contributed by atoms with E-state index < -0.39 is 4.92 Å². The van der Waals surface area contributed by atoms with E-state index in [0.717, 1.165) is 4.70 Å². The molecule has 0 saturated heterocycles. The van der Waals surface area contributed by atoms with Crippen LogP contribution in [0.15, 0.2) is 36.7 Å². The molecule has 18 heavy (non-hydrogen) atoms. The van der Waals surface area contributed by atoms with Crippen LogP contribution in [0, 0.1) is 10.1 Å². The molecule has 0 radical (unpaired) electrons. The number of rotatable bonds is 2. The van der Waals surface area contributed by atoms with E-state index in [1.165, 1.54) is 23.5 Å². The lowest BCUT2D eigenvalue weighted by Gasteiger charge is -1.89. The Morgan fingerprint density at radius 2 is 2.00 bits per heavy atom. The Labute approximate surface area is 105 Å². The maximum Gasteiger partial charge on any atom is 0.270 e. The standard InChI is InChI=1S/C11H6N4O2S/c16-15(17)7-2-3-8-9(6-7)18-11(14-8)10-12-4-1-5-13-10/h1-6H. The number of hydrogen-bond acceptors (Lipinski definition) is 6. The average Bonchev–Trinajstić information content (AvgIpc) is 2.82. The SMILES string of the molecule is O=[N+]([O-])c1ccc2nc(-c3ncccn3)sc2c1. The van der Waals surface area contributed by atoms with Crippen LogP contribution >= 0.6 is 11.3 Å². The van der Waals surface area contributed by atoms with Gasteiger partial charge < -0.3 is 0 Å². The number of hydrogen-bond donors (Lipinski definition) is 0. The fraction of sp³-hybridized carbons (Fsp3) is 0. The molecule has 0 amide bonds. The molecule has 0 saturated carbocycles. The number of nitrogens with zero attached hydrogens (tertiary/aromatic N) is 4. The van der Waals surface area contributed by atoms with Crippen LogP contribution in [0.1, 0.15) is 0 Å². The van der Waals surface area contributed by atoms with Crippen molar-refractivity contribution in [2.24, 2.45) is 0 Å². The molecule has 88 valence electrons. The Morgan fingerprint density at radius 1 is 1.22 bits per heavy atom. The van der Waals surface area contributed by atoms with Gasteiger partial charge in [0.1, 0.15) is 0 Å². The normalized spacial score (nSPS) is 10.7. The molecule has 0 bridgehead atoms. The van der Waals surface area contributed by atoms with E-state index in [0.29, 0.717) is 16.3 Å². The molecule has 3 rings (SSSR count). The fourth-order valence-electron chi connectivity index (χ4n) is 1.53. The number of nitro groups is 1. The predicted molar refractivity (Wildman–Crippen MR) is 67.3 cm³/mol. The second kappa shape index (κ2) is 4.11. The number of thiazole rings is 1. The van der Waals surface area contributed by atoms with Crippen LogP contribution in [0.4, 0.5) is 5.69 Å². The molecular weight excluding hydrogens is 252 g/mol. The lowest BCUT2D eigenvalue weighted by atomic mass is 10.3. The first-order valence-corrected chi connectivity index (χ1v) is 5.88. The van der Waals surface area contributed by atoms with E-state index in [-0.39, 0.29) is 5.69 Å². The van der Waals surface area contributed by atoms with Gasteiger partial charge in [0.25, 0.3) is 5.69 Å². The van der Waals surface area contributed by atoms with E-state index in [1.54, 1.807) is 24.5 Å². The zero-order valence-electron chi connectivity index (χ0n) is 8.98. The number of non-ortho nitro benzene ring substituents is 1. The summed E-state index contributed by atoms with van der Waals surface area (Å²) in [7, 11) is 0. The topological polar surface area (TPSA) is 81.8 Å². The van der Waals surface area contributed by atoms with E-state index in [9.17, 15) is 10.1 Å². The third kappa shape index (κ3) is 1.80. The van der Waals surface area contributed by atoms with Crippen LogP contribution in [0.2, 0.25) is 0 Å². The van der Waals surface area contributed by atoms with Gasteiger partial charge in [-0.2, -0.15) is 0 Å². The minimum Gasteiger partial charge on any atom is -0.258 e. The summed E-state index contributed by atoms with van der Waals surface area (Å²) >= 11 is 1.34. The summed E-state index contributed by atoms with van der Waals surface area (Å²) < 4.78 is 0.756. The lowest BCUT2D eigenvalue weighted by Crippen LogP contribution is -1.86. The van der Waals surface area contributed by atoms with Crippen molar-refractivity contribution in [1.29, 1.82) is 0 Å². The Kier molecular flexibility index (Phi) is 2.45. The van der Waals surface area contributed by atoms with Crippen molar-refractivity contribution in [3.63, 3.8) is 0 Å². The van der Waals surface area contributed by atoms with E-state index in [4.69, 9.17) is 0 Å². The van der Waals surface area contributed by atoms with Crippen molar-refractivity contribution >= 4 is 27.2 Å². The average molecular weight is 258 g/mol. The highest BCUT2D eigenvalue weighted by molar-refractivity contribution is 7.21. The van der Waals surface area contributed by atoms with Crippen LogP contribution in [-0.4, -0.2) is 19.9 Å². The molecule has 0 N–H and O–H groups in total. The van der Waals surface area contributed by atoms with Crippen LogP contribution in [0.5, 0.6) is 0 Å². The van der Waals surface area contributed by atoms with Gasteiger partial charge in [0.2, 0.25) is 0 Å². The van der Waals surface area contributed by atoms with E-state index in [1.807, 2.05) is 0 Å². The summed E-state index contributed by atoms with van der Waals surface area (Å²) in [6.07, 6.45) is 3.27. The van der Waals surface area contributed by atoms with Crippen molar-refractivity contribution in [1.82, 2.24) is 15.0 Å². The number of fused-ring (bicyclic) bond motifs is 1. The van der Waals surface area contributed by atoms with Gasteiger partial charge in [-0.05, 0) is 12.1 Å². The highest BCUT2D eigenvalue weighted by atomic mass is 32.1. The van der Waals surface area contributed by atoms with Crippen LogP contribution < -0.4 is 0 Å². The smallest absolute Gasteiger partial charge is 0.258 e. The molecule has 0 aliphatic heterocycles. The molecule has 6 nitrogen and oxygen atoms in total. The van der Waals surface area contributed by atoms with Gasteiger partial charge >= 0.3 is 0 Å². The summed E-state index contributed by atoms with van der Waals surface area (Å²) in [5.74, 6) is 0.529. The van der Waals surface area contributed by atoms with Gasteiger partial charge in [-0.1, -0.05) is 0 Å². The molecule has 2 heterocycles. The summed E-state index contributed by atoms with van der Waals surface area (Å²) in [4.78, 5) is 22.8. The molecule has 0 unspecified atom stereocenters. The summed E-state index contributed by atoms with van der Waals surface area (Å²) in [5.41, 5.74) is 0.778. The molecule has 0 atom stereocenters. The van der Waals surface area contributed by atoms with Gasteiger partial charge in [-0.15, -0.1) is 11.3 Å². The minimum atomic E-state index is -0.419. The van der Waals surface area contributed by atoms with Crippen LogP contribution in [0.25, 0.3) is 21.0 Å². The molecule has 0 aliphatic carbocycles. The van der Waals surface area contributed by atoms with Crippen molar-refractivity contribution in [2.75, 3.05) is 0 Å². The molecule has 0 fully saturated rings. The Bertz CT molecular complexity index is 726.